The van der Waals surface area contributed by atoms with Crippen LogP contribution >= 0.6 is 11.6 Å². The van der Waals surface area contributed by atoms with E-state index >= 15 is 0 Å². The number of halogens is 1. The Morgan fingerprint density at radius 1 is 1.35 bits per heavy atom. The molecular weight excluding hydrogens is 264 g/mol. The first kappa shape index (κ1) is 13.8. The lowest BCUT2D eigenvalue weighted by Gasteiger charge is -2.04. The van der Waals surface area contributed by atoms with Crippen molar-refractivity contribution in [3.8, 4) is 6.07 Å². The van der Waals surface area contributed by atoms with E-state index in [9.17, 15) is 8.42 Å². The number of sulfonamides is 1. The zero-order valence-corrected chi connectivity index (χ0v) is 10.5. The van der Waals surface area contributed by atoms with Crippen molar-refractivity contribution in [2.75, 3.05) is 6.54 Å². The third-order valence-corrected chi connectivity index (χ3v) is 3.53. The summed E-state index contributed by atoms with van der Waals surface area (Å²) in [5.41, 5.74) is 0. The summed E-state index contributed by atoms with van der Waals surface area (Å²) in [4.78, 5) is 7.16. The van der Waals surface area contributed by atoms with Gasteiger partial charge in [0.05, 0.1) is 18.5 Å². The summed E-state index contributed by atoms with van der Waals surface area (Å²) in [6.45, 7) is 0.284. The molecule has 0 saturated carbocycles. The number of unbranched alkanes of at least 4 members (excludes halogenated alkanes) is 2. The first-order chi connectivity index (χ1) is 8.06. The molecule has 0 amide bonds. The zero-order chi connectivity index (χ0) is 12.7. The van der Waals surface area contributed by atoms with E-state index in [1.54, 1.807) is 0 Å². The van der Waals surface area contributed by atoms with Crippen molar-refractivity contribution in [1.82, 2.24) is 14.7 Å². The van der Waals surface area contributed by atoms with Gasteiger partial charge in [0.1, 0.15) is 4.90 Å². The molecule has 0 aliphatic carbocycles. The summed E-state index contributed by atoms with van der Waals surface area (Å²) in [7, 11) is -3.58. The van der Waals surface area contributed by atoms with Crippen LogP contribution in [0.1, 0.15) is 19.3 Å². The maximum Gasteiger partial charge on any atom is 0.243 e. The first-order valence-corrected chi connectivity index (χ1v) is 6.76. The Bertz CT molecular complexity index is 495. The lowest BCUT2D eigenvalue weighted by atomic mass is 10.2. The molecule has 0 atom stereocenters. The molecule has 0 aliphatic heterocycles. The number of nitrogens with one attached hydrogen (secondary N) is 1. The highest BCUT2D eigenvalue weighted by molar-refractivity contribution is 7.89. The molecule has 1 aromatic heterocycles. The van der Waals surface area contributed by atoms with E-state index < -0.39 is 10.0 Å². The maximum atomic E-state index is 11.7. The molecule has 0 fully saturated rings. The van der Waals surface area contributed by atoms with Gasteiger partial charge < -0.3 is 0 Å². The summed E-state index contributed by atoms with van der Waals surface area (Å²) in [6.07, 6.45) is 3.99. The fourth-order valence-electron chi connectivity index (χ4n) is 1.06. The van der Waals surface area contributed by atoms with Gasteiger partial charge in [-0.1, -0.05) is 0 Å². The number of nitrogens with zero attached hydrogens (tertiary/aromatic N) is 3. The smallest absolute Gasteiger partial charge is 0.225 e. The summed E-state index contributed by atoms with van der Waals surface area (Å²) in [5.74, 6) is 0. The SMILES string of the molecule is N#CCCCCNS(=O)(=O)c1cnc(Cl)nc1. The number of rotatable bonds is 6. The van der Waals surface area contributed by atoms with Crippen LogP contribution in [0.25, 0.3) is 0 Å². The normalized spacial score (nSPS) is 11.1. The minimum atomic E-state index is -3.58. The molecule has 6 nitrogen and oxygen atoms in total. The average molecular weight is 275 g/mol. The van der Waals surface area contributed by atoms with E-state index in [1.165, 1.54) is 0 Å². The second-order valence-corrected chi connectivity index (χ2v) is 5.31. The van der Waals surface area contributed by atoms with Crippen molar-refractivity contribution in [3.63, 3.8) is 0 Å². The van der Waals surface area contributed by atoms with Gasteiger partial charge in [-0.05, 0) is 24.4 Å². The zero-order valence-electron chi connectivity index (χ0n) is 8.93. The van der Waals surface area contributed by atoms with E-state index in [-0.39, 0.29) is 16.7 Å². The van der Waals surface area contributed by atoms with Crippen LogP contribution in [0.2, 0.25) is 5.28 Å². The molecule has 0 radical (unpaired) electrons. The largest absolute Gasteiger partial charge is 0.243 e. The van der Waals surface area contributed by atoms with Gasteiger partial charge in [0.2, 0.25) is 15.3 Å². The van der Waals surface area contributed by atoms with Gasteiger partial charge in [0.25, 0.3) is 0 Å². The van der Waals surface area contributed by atoms with Gasteiger partial charge >= 0.3 is 0 Å². The first-order valence-electron chi connectivity index (χ1n) is 4.90. The van der Waals surface area contributed by atoms with Crippen molar-refractivity contribution in [2.24, 2.45) is 0 Å². The second kappa shape index (κ2) is 6.49. The molecule has 17 heavy (non-hydrogen) atoms. The van der Waals surface area contributed by atoms with Crippen LogP contribution in [0.5, 0.6) is 0 Å². The third-order valence-electron chi connectivity index (χ3n) is 1.91. The van der Waals surface area contributed by atoms with Crippen LogP contribution in [-0.4, -0.2) is 24.9 Å². The van der Waals surface area contributed by atoms with Gasteiger partial charge in [-0.2, -0.15) is 5.26 Å². The molecule has 1 heterocycles. The van der Waals surface area contributed by atoms with E-state index in [4.69, 9.17) is 16.9 Å². The Morgan fingerprint density at radius 2 is 2.00 bits per heavy atom. The second-order valence-electron chi connectivity index (χ2n) is 3.20. The lowest BCUT2D eigenvalue weighted by Crippen LogP contribution is -2.25. The molecule has 0 aliphatic rings. The van der Waals surface area contributed by atoms with Crippen LogP contribution in [-0.2, 0) is 10.0 Å². The Hall–Kier alpha value is -1.23. The molecule has 92 valence electrons. The van der Waals surface area contributed by atoms with E-state index in [0.29, 0.717) is 19.3 Å². The molecule has 0 aromatic carbocycles. The number of aromatic nitrogens is 2. The quantitative estimate of drug-likeness (QED) is 0.619. The van der Waals surface area contributed by atoms with Gasteiger partial charge in [-0.3, -0.25) is 0 Å². The van der Waals surface area contributed by atoms with E-state index in [1.807, 2.05) is 6.07 Å². The molecule has 0 saturated heterocycles. The summed E-state index contributed by atoms with van der Waals surface area (Å²) >= 11 is 5.46. The highest BCUT2D eigenvalue weighted by Crippen LogP contribution is 2.07. The van der Waals surface area contributed by atoms with Crippen molar-refractivity contribution in [1.29, 1.82) is 5.26 Å². The maximum absolute atomic E-state index is 11.7. The van der Waals surface area contributed by atoms with Crippen LogP contribution in [0.4, 0.5) is 0 Å². The minimum Gasteiger partial charge on any atom is -0.225 e. The molecule has 0 bridgehead atoms. The van der Waals surface area contributed by atoms with Crippen molar-refractivity contribution < 1.29 is 8.42 Å². The Balaban J connectivity index is 2.52. The molecular formula is C9H11ClN4O2S. The predicted molar refractivity (Wildman–Crippen MR) is 61.7 cm³/mol. The van der Waals surface area contributed by atoms with Crippen molar-refractivity contribution >= 4 is 21.6 Å². The third kappa shape index (κ3) is 4.65. The Labute approximate surface area is 105 Å². The van der Waals surface area contributed by atoms with Crippen molar-refractivity contribution in [3.05, 3.63) is 17.7 Å². The monoisotopic (exact) mass is 274 g/mol. The molecule has 1 N–H and O–H groups in total. The molecule has 8 heteroatoms. The summed E-state index contributed by atoms with van der Waals surface area (Å²) in [5, 5.41) is 8.31. The van der Waals surface area contributed by atoms with Gasteiger partial charge in [0, 0.05) is 13.0 Å². The van der Waals surface area contributed by atoms with Crippen LogP contribution < -0.4 is 4.72 Å². The van der Waals surface area contributed by atoms with Crippen LogP contribution in [0.3, 0.4) is 0 Å². The number of hydrogen-bond donors (Lipinski definition) is 1. The van der Waals surface area contributed by atoms with Crippen molar-refractivity contribution in [2.45, 2.75) is 24.2 Å². The van der Waals surface area contributed by atoms with E-state index in [0.717, 1.165) is 12.4 Å². The minimum absolute atomic E-state index is 0.00188. The fraction of sp³-hybridized carbons (Fsp3) is 0.444. The van der Waals surface area contributed by atoms with Gasteiger partial charge in [-0.15, -0.1) is 0 Å². The average Bonchev–Trinajstić information content (AvgIpc) is 2.29. The molecule has 0 unspecified atom stereocenters. The summed E-state index contributed by atoms with van der Waals surface area (Å²) in [6, 6.07) is 1.99. The highest BCUT2D eigenvalue weighted by atomic mass is 35.5. The Morgan fingerprint density at radius 3 is 2.59 bits per heavy atom. The fourth-order valence-corrected chi connectivity index (χ4v) is 2.12. The van der Waals surface area contributed by atoms with Crippen LogP contribution in [0, 0.1) is 11.3 Å². The standard InChI is InChI=1S/C9H11ClN4O2S/c10-9-12-6-8(7-13-9)17(15,16)14-5-3-1-2-4-11/h6-7,14H,1-3,5H2. The highest BCUT2D eigenvalue weighted by Gasteiger charge is 2.13. The number of nitriles is 1. The lowest BCUT2D eigenvalue weighted by molar-refractivity contribution is 0.576. The van der Waals surface area contributed by atoms with E-state index in [2.05, 4.69) is 14.7 Å². The predicted octanol–water partition coefficient (Wildman–Crippen LogP) is 1.10. The molecule has 1 aromatic rings. The summed E-state index contributed by atoms with van der Waals surface area (Å²) < 4.78 is 25.7. The van der Waals surface area contributed by atoms with Gasteiger partial charge in [-0.25, -0.2) is 23.1 Å². The molecule has 0 spiro atoms. The number of hydrogen-bond acceptors (Lipinski definition) is 5. The topological polar surface area (TPSA) is 95.7 Å². The molecule has 1 rings (SSSR count). The van der Waals surface area contributed by atoms with Gasteiger partial charge in [0.15, 0.2) is 0 Å². The van der Waals surface area contributed by atoms with Crippen LogP contribution in [0.15, 0.2) is 17.3 Å². The Kier molecular flexibility index (Phi) is 5.28.